The average Bonchev–Trinajstić information content (AvgIpc) is 2.52. The van der Waals surface area contributed by atoms with Crippen LogP contribution in [-0.4, -0.2) is 32.2 Å². The Hall–Kier alpha value is -2.83. The van der Waals surface area contributed by atoms with Crippen LogP contribution in [0.15, 0.2) is 35.5 Å². The monoisotopic (exact) mass is 304 g/mol. The Balaban J connectivity index is 2.58. The Morgan fingerprint density at radius 3 is 2.36 bits per heavy atom. The van der Waals surface area contributed by atoms with Gasteiger partial charge in [-0.05, 0) is 18.6 Å². The first kappa shape index (κ1) is 15.6. The van der Waals surface area contributed by atoms with E-state index in [-0.39, 0.29) is 11.1 Å². The van der Waals surface area contributed by atoms with Crippen LogP contribution < -0.4 is 10.6 Å². The van der Waals surface area contributed by atoms with Gasteiger partial charge in [-0.2, -0.15) is 0 Å². The minimum atomic E-state index is -0.795. The van der Waals surface area contributed by atoms with Crippen molar-refractivity contribution in [1.29, 1.82) is 0 Å². The fraction of sp³-hybridized carbons (Fsp3) is 0.267. The smallest absolute Gasteiger partial charge is 0.338 e. The van der Waals surface area contributed by atoms with Crippen LogP contribution in [0.5, 0.6) is 0 Å². The number of rotatable bonds is 3. The first-order valence-electron chi connectivity index (χ1n) is 6.53. The molecular weight excluding hydrogens is 288 g/mol. The van der Waals surface area contributed by atoms with Gasteiger partial charge in [-0.15, -0.1) is 0 Å². The molecule has 1 aromatic rings. The second-order valence-corrected chi connectivity index (χ2v) is 4.64. The minimum Gasteiger partial charge on any atom is -0.466 e. The molecule has 0 bridgehead atoms. The van der Waals surface area contributed by atoms with E-state index >= 15 is 0 Å². The van der Waals surface area contributed by atoms with Crippen LogP contribution in [0.3, 0.4) is 0 Å². The first-order chi connectivity index (χ1) is 10.5. The summed E-state index contributed by atoms with van der Waals surface area (Å²) in [6.45, 7) is 1.60. The SMILES string of the molecule is COC(=O)C1=C(C)NC(=O)N[C@H]1c1ccccc1C(=O)OC. The van der Waals surface area contributed by atoms with Crippen LogP contribution in [0.4, 0.5) is 4.79 Å². The van der Waals surface area contributed by atoms with Crippen LogP contribution in [0.1, 0.15) is 28.9 Å². The summed E-state index contributed by atoms with van der Waals surface area (Å²) in [6.07, 6.45) is 0. The number of hydrogen-bond donors (Lipinski definition) is 2. The van der Waals surface area contributed by atoms with Crippen LogP contribution in [0.2, 0.25) is 0 Å². The molecule has 1 aromatic carbocycles. The Bertz CT molecular complexity index is 666. The lowest BCUT2D eigenvalue weighted by atomic mass is 9.92. The number of amides is 2. The molecule has 1 atom stereocenters. The lowest BCUT2D eigenvalue weighted by Gasteiger charge is -2.28. The van der Waals surface area contributed by atoms with Gasteiger partial charge < -0.3 is 20.1 Å². The maximum absolute atomic E-state index is 12.0. The van der Waals surface area contributed by atoms with E-state index in [2.05, 4.69) is 10.6 Å². The number of esters is 2. The van der Waals surface area contributed by atoms with Crippen molar-refractivity contribution in [2.45, 2.75) is 13.0 Å². The zero-order valence-corrected chi connectivity index (χ0v) is 12.4. The molecule has 0 spiro atoms. The standard InChI is InChI=1S/C15H16N2O5/c1-8-11(14(19)22-3)12(17-15(20)16-8)9-6-4-5-7-10(9)13(18)21-2/h4-7,12H,1-3H3,(H2,16,17,20)/t12-/m0/s1. The Morgan fingerprint density at radius 2 is 1.73 bits per heavy atom. The molecule has 0 fully saturated rings. The molecule has 22 heavy (non-hydrogen) atoms. The normalized spacial score (nSPS) is 17.4. The molecule has 0 saturated carbocycles. The van der Waals surface area contributed by atoms with Gasteiger partial charge in [-0.1, -0.05) is 18.2 Å². The summed E-state index contributed by atoms with van der Waals surface area (Å²) in [4.78, 5) is 35.7. The topological polar surface area (TPSA) is 93.7 Å². The van der Waals surface area contributed by atoms with E-state index in [0.29, 0.717) is 11.3 Å². The summed E-state index contributed by atoms with van der Waals surface area (Å²) < 4.78 is 9.51. The predicted octanol–water partition coefficient (Wildman–Crippen LogP) is 1.27. The minimum absolute atomic E-state index is 0.235. The summed E-state index contributed by atoms with van der Waals surface area (Å²) in [7, 11) is 2.52. The van der Waals surface area contributed by atoms with Gasteiger partial charge in [0.05, 0.1) is 31.4 Å². The van der Waals surface area contributed by atoms with Gasteiger partial charge in [0.1, 0.15) is 0 Å². The summed E-state index contributed by atoms with van der Waals surface area (Å²) in [6, 6.07) is 5.34. The van der Waals surface area contributed by atoms with Crippen molar-refractivity contribution in [3.05, 3.63) is 46.7 Å². The number of urea groups is 1. The van der Waals surface area contributed by atoms with Gasteiger partial charge in [-0.3, -0.25) is 0 Å². The molecule has 7 nitrogen and oxygen atoms in total. The van der Waals surface area contributed by atoms with Crippen LogP contribution in [0.25, 0.3) is 0 Å². The van der Waals surface area contributed by atoms with Crippen LogP contribution >= 0.6 is 0 Å². The van der Waals surface area contributed by atoms with E-state index in [9.17, 15) is 14.4 Å². The number of methoxy groups -OCH3 is 2. The molecule has 1 aliphatic rings. The quantitative estimate of drug-likeness (QED) is 0.820. The zero-order chi connectivity index (χ0) is 16.3. The van der Waals surface area contributed by atoms with E-state index < -0.39 is 24.0 Å². The molecular formula is C15H16N2O5. The summed E-state index contributed by atoms with van der Waals surface area (Å²) >= 11 is 0. The van der Waals surface area contributed by atoms with Crippen molar-refractivity contribution in [2.75, 3.05) is 14.2 Å². The number of carbonyl (C=O) groups excluding carboxylic acids is 3. The number of hydrogen-bond acceptors (Lipinski definition) is 5. The Morgan fingerprint density at radius 1 is 1.09 bits per heavy atom. The van der Waals surface area contributed by atoms with Crippen molar-refractivity contribution >= 4 is 18.0 Å². The Labute approximate surface area is 127 Å². The van der Waals surface area contributed by atoms with Crippen molar-refractivity contribution in [1.82, 2.24) is 10.6 Å². The van der Waals surface area contributed by atoms with E-state index in [1.165, 1.54) is 14.2 Å². The summed E-state index contributed by atoms with van der Waals surface area (Å²) in [5.74, 6) is -1.14. The molecule has 0 aromatic heterocycles. The molecule has 7 heteroatoms. The molecule has 2 N–H and O–H groups in total. The van der Waals surface area contributed by atoms with Crippen molar-refractivity contribution in [3.8, 4) is 0 Å². The van der Waals surface area contributed by atoms with Crippen molar-refractivity contribution in [2.24, 2.45) is 0 Å². The fourth-order valence-electron chi connectivity index (χ4n) is 2.35. The highest BCUT2D eigenvalue weighted by Crippen LogP contribution is 2.30. The molecule has 2 rings (SSSR count). The van der Waals surface area contributed by atoms with E-state index in [4.69, 9.17) is 9.47 Å². The van der Waals surface area contributed by atoms with Gasteiger partial charge in [0.2, 0.25) is 0 Å². The fourth-order valence-corrected chi connectivity index (χ4v) is 2.35. The molecule has 0 radical (unpaired) electrons. The molecule has 0 unspecified atom stereocenters. The second kappa shape index (κ2) is 6.30. The highest BCUT2D eigenvalue weighted by Gasteiger charge is 2.34. The molecule has 1 heterocycles. The first-order valence-corrected chi connectivity index (χ1v) is 6.53. The van der Waals surface area contributed by atoms with Gasteiger partial charge in [0, 0.05) is 5.70 Å². The molecule has 0 saturated heterocycles. The third-order valence-corrected chi connectivity index (χ3v) is 3.35. The third-order valence-electron chi connectivity index (χ3n) is 3.35. The zero-order valence-electron chi connectivity index (χ0n) is 12.4. The summed E-state index contributed by atoms with van der Waals surface area (Å²) in [5, 5.41) is 5.15. The maximum atomic E-state index is 12.0. The van der Waals surface area contributed by atoms with E-state index in [0.717, 1.165) is 0 Å². The average molecular weight is 304 g/mol. The van der Waals surface area contributed by atoms with Gasteiger partial charge in [-0.25, -0.2) is 14.4 Å². The van der Waals surface area contributed by atoms with Crippen molar-refractivity contribution < 1.29 is 23.9 Å². The number of carbonyl (C=O) groups is 3. The summed E-state index contributed by atoms with van der Waals surface area (Å²) in [5.41, 5.74) is 1.34. The second-order valence-electron chi connectivity index (χ2n) is 4.64. The molecule has 2 amide bonds. The Kier molecular flexibility index (Phi) is 4.45. The third kappa shape index (κ3) is 2.78. The molecule has 116 valence electrons. The molecule has 0 aliphatic carbocycles. The highest BCUT2D eigenvalue weighted by molar-refractivity contribution is 5.97. The van der Waals surface area contributed by atoms with Gasteiger partial charge in [0.15, 0.2) is 0 Å². The number of benzene rings is 1. The molecule has 1 aliphatic heterocycles. The lowest BCUT2D eigenvalue weighted by molar-refractivity contribution is -0.136. The van der Waals surface area contributed by atoms with Crippen molar-refractivity contribution in [3.63, 3.8) is 0 Å². The lowest BCUT2D eigenvalue weighted by Crippen LogP contribution is -2.45. The number of nitrogens with one attached hydrogen (secondary N) is 2. The van der Waals surface area contributed by atoms with E-state index in [1.807, 2.05) is 0 Å². The van der Waals surface area contributed by atoms with Crippen LogP contribution in [-0.2, 0) is 14.3 Å². The van der Waals surface area contributed by atoms with Crippen LogP contribution in [0, 0.1) is 0 Å². The predicted molar refractivity (Wildman–Crippen MR) is 76.9 cm³/mol. The van der Waals surface area contributed by atoms with E-state index in [1.54, 1.807) is 31.2 Å². The van der Waals surface area contributed by atoms with Gasteiger partial charge in [0.25, 0.3) is 0 Å². The van der Waals surface area contributed by atoms with Gasteiger partial charge >= 0.3 is 18.0 Å². The number of allylic oxidation sites excluding steroid dienone is 1. The largest absolute Gasteiger partial charge is 0.466 e. The maximum Gasteiger partial charge on any atom is 0.338 e. The highest BCUT2D eigenvalue weighted by atomic mass is 16.5. The number of ether oxygens (including phenoxy) is 2.